The van der Waals surface area contributed by atoms with Gasteiger partial charge in [0.1, 0.15) is 6.10 Å². The quantitative estimate of drug-likeness (QED) is 0.0321. The molecule has 0 rings (SSSR count). The molecule has 0 saturated carbocycles. The van der Waals surface area contributed by atoms with Gasteiger partial charge in [-0.15, -0.1) is 0 Å². The summed E-state index contributed by atoms with van der Waals surface area (Å²) in [5.74, 6) is -0.503. The van der Waals surface area contributed by atoms with Crippen LogP contribution in [-0.4, -0.2) is 46.9 Å². The number of carbonyl (C=O) groups excluding carboxylic acids is 2. The second-order valence-corrected chi connectivity index (χ2v) is 19.0. The number of unbranched alkanes of at least 4 members (excludes halogenated alkanes) is 30. The van der Waals surface area contributed by atoms with Gasteiger partial charge < -0.3 is 20.3 Å². The average Bonchev–Trinajstić information content (AvgIpc) is 3.29. The molecule has 0 aromatic heterocycles. The van der Waals surface area contributed by atoms with Crippen LogP contribution in [-0.2, 0) is 14.3 Å². The second kappa shape index (κ2) is 51.8. The van der Waals surface area contributed by atoms with Crippen LogP contribution in [0.1, 0.15) is 284 Å². The number of aliphatic hydroxyl groups is 2. The van der Waals surface area contributed by atoms with Crippen LogP contribution < -0.4 is 5.32 Å². The Labute approximate surface area is 397 Å². The summed E-state index contributed by atoms with van der Waals surface area (Å²) < 4.78 is 5.92. The Morgan fingerprint density at radius 2 is 0.797 bits per heavy atom. The normalized spacial score (nSPS) is 13.5. The lowest BCUT2D eigenvalue weighted by atomic mass is 10.0. The number of allylic oxidation sites excluding steroid dienone is 8. The van der Waals surface area contributed by atoms with Gasteiger partial charge in [0.2, 0.25) is 5.91 Å². The second-order valence-electron chi connectivity index (χ2n) is 19.0. The van der Waals surface area contributed by atoms with Gasteiger partial charge in [0.25, 0.3) is 0 Å². The highest BCUT2D eigenvalue weighted by Gasteiger charge is 2.24. The minimum Gasteiger partial charge on any atom is -0.462 e. The van der Waals surface area contributed by atoms with E-state index in [1.807, 2.05) is 0 Å². The maximum absolute atomic E-state index is 13.2. The van der Waals surface area contributed by atoms with E-state index in [1.165, 1.54) is 154 Å². The molecule has 64 heavy (non-hydrogen) atoms. The predicted molar refractivity (Wildman–Crippen MR) is 278 cm³/mol. The maximum atomic E-state index is 13.2. The molecule has 0 aliphatic heterocycles. The predicted octanol–water partition coefficient (Wildman–Crippen LogP) is 17.0. The maximum Gasteiger partial charge on any atom is 0.306 e. The lowest BCUT2D eigenvalue weighted by molar-refractivity contribution is -0.151. The first kappa shape index (κ1) is 61.8. The zero-order chi connectivity index (χ0) is 46.7. The first-order chi connectivity index (χ1) is 31.5. The highest BCUT2D eigenvalue weighted by atomic mass is 16.5. The molecule has 0 bridgehead atoms. The van der Waals surface area contributed by atoms with Gasteiger partial charge in [-0.2, -0.15) is 0 Å². The Morgan fingerprint density at radius 1 is 0.453 bits per heavy atom. The van der Waals surface area contributed by atoms with Crippen molar-refractivity contribution in [2.24, 2.45) is 0 Å². The van der Waals surface area contributed by atoms with Gasteiger partial charge in [-0.25, -0.2) is 0 Å². The van der Waals surface area contributed by atoms with Gasteiger partial charge >= 0.3 is 5.97 Å². The van der Waals surface area contributed by atoms with Crippen LogP contribution in [0.15, 0.2) is 48.6 Å². The van der Waals surface area contributed by atoms with Crippen molar-refractivity contribution in [3.8, 4) is 0 Å². The Balaban J connectivity index is 4.44. The van der Waals surface area contributed by atoms with E-state index in [9.17, 15) is 19.8 Å². The Kier molecular flexibility index (Phi) is 50.0. The van der Waals surface area contributed by atoms with Gasteiger partial charge in [0, 0.05) is 6.42 Å². The molecule has 0 fully saturated rings. The number of ether oxygens (including phenoxy) is 1. The third-order valence-corrected chi connectivity index (χ3v) is 12.7. The molecule has 0 aromatic rings. The van der Waals surface area contributed by atoms with Crippen LogP contribution in [0.25, 0.3) is 0 Å². The Morgan fingerprint density at radius 3 is 1.22 bits per heavy atom. The van der Waals surface area contributed by atoms with E-state index in [1.54, 1.807) is 0 Å². The van der Waals surface area contributed by atoms with Crippen molar-refractivity contribution in [2.45, 2.75) is 302 Å². The first-order valence-corrected chi connectivity index (χ1v) is 27.9. The molecule has 3 N–H and O–H groups in total. The van der Waals surface area contributed by atoms with E-state index in [4.69, 9.17) is 4.74 Å². The summed E-state index contributed by atoms with van der Waals surface area (Å²) in [7, 11) is 0. The molecule has 0 aromatic carbocycles. The largest absolute Gasteiger partial charge is 0.462 e. The van der Waals surface area contributed by atoms with E-state index in [0.29, 0.717) is 19.3 Å². The summed E-state index contributed by atoms with van der Waals surface area (Å²) in [5.41, 5.74) is 0. The van der Waals surface area contributed by atoms with E-state index in [2.05, 4.69) is 74.7 Å². The summed E-state index contributed by atoms with van der Waals surface area (Å²) in [4.78, 5) is 26.1. The van der Waals surface area contributed by atoms with Crippen molar-refractivity contribution in [1.29, 1.82) is 0 Å². The third kappa shape index (κ3) is 46.4. The van der Waals surface area contributed by atoms with Crippen LogP contribution in [0.2, 0.25) is 0 Å². The Hall–Kier alpha value is -2.18. The van der Waals surface area contributed by atoms with Gasteiger partial charge in [0.15, 0.2) is 0 Å². The van der Waals surface area contributed by atoms with E-state index in [-0.39, 0.29) is 24.9 Å². The molecule has 0 saturated heterocycles. The molecule has 3 atom stereocenters. The zero-order valence-corrected chi connectivity index (χ0v) is 42.7. The van der Waals surface area contributed by atoms with E-state index < -0.39 is 18.2 Å². The smallest absolute Gasteiger partial charge is 0.306 e. The van der Waals surface area contributed by atoms with Crippen molar-refractivity contribution >= 4 is 11.9 Å². The van der Waals surface area contributed by atoms with Gasteiger partial charge in [0.05, 0.1) is 25.2 Å². The van der Waals surface area contributed by atoms with Crippen LogP contribution in [0.4, 0.5) is 0 Å². The van der Waals surface area contributed by atoms with Gasteiger partial charge in [-0.3, -0.25) is 9.59 Å². The van der Waals surface area contributed by atoms with E-state index >= 15 is 0 Å². The van der Waals surface area contributed by atoms with Gasteiger partial charge in [-0.05, 0) is 70.6 Å². The van der Waals surface area contributed by atoms with E-state index in [0.717, 1.165) is 83.5 Å². The van der Waals surface area contributed by atoms with Crippen molar-refractivity contribution in [1.82, 2.24) is 5.32 Å². The zero-order valence-electron chi connectivity index (χ0n) is 42.7. The highest BCUT2D eigenvalue weighted by molar-refractivity contribution is 5.77. The minimum atomic E-state index is -0.792. The molecule has 0 heterocycles. The van der Waals surface area contributed by atoms with Crippen molar-refractivity contribution in [2.75, 3.05) is 6.61 Å². The third-order valence-electron chi connectivity index (χ3n) is 12.7. The lowest BCUT2D eigenvalue weighted by Gasteiger charge is -2.24. The minimum absolute atomic E-state index is 0.0666. The molecule has 1 amide bonds. The molecule has 0 aliphatic rings. The molecule has 0 spiro atoms. The summed E-state index contributed by atoms with van der Waals surface area (Å²) in [6.07, 6.45) is 63.2. The molecule has 0 radical (unpaired) electrons. The molecule has 374 valence electrons. The molecular formula is C58H107NO5. The highest BCUT2D eigenvalue weighted by Crippen LogP contribution is 2.18. The number of amides is 1. The SMILES string of the molecule is CCCCC/C=C\C/C=C\C/C=C\C/C=C\CCCCCC(=O)OC(CCCCCCCCCCC)CC(=O)NC(CO)C(O)CCCCCCCCCCCCCCCCCCC. The molecule has 3 unspecified atom stereocenters. The number of esters is 1. The summed E-state index contributed by atoms with van der Waals surface area (Å²) >= 11 is 0. The number of hydrogen-bond acceptors (Lipinski definition) is 5. The average molecular weight is 898 g/mol. The molecule has 6 nitrogen and oxygen atoms in total. The van der Waals surface area contributed by atoms with Crippen molar-refractivity contribution < 1.29 is 24.5 Å². The van der Waals surface area contributed by atoms with Crippen molar-refractivity contribution in [3.05, 3.63) is 48.6 Å². The van der Waals surface area contributed by atoms with Crippen molar-refractivity contribution in [3.63, 3.8) is 0 Å². The van der Waals surface area contributed by atoms with Crippen LogP contribution >= 0.6 is 0 Å². The fourth-order valence-electron chi connectivity index (χ4n) is 8.41. The van der Waals surface area contributed by atoms with Crippen LogP contribution in [0.3, 0.4) is 0 Å². The number of hydrogen-bond donors (Lipinski definition) is 3. The van der Waals surface area contributed by atoms with Crippen LogP contribution in [0.5, 0.6) is 0 Å². The number of rotatable bonds is 50. The molecular weight excluding hydrogens is 791 g/mol. The fraction of sp³-hybridized carbons (Fsp3) is 0.828. The standard InChI is InChI=1S/C58H107NO5/c1-4-7-10-13-16-19-21-23-25-27-28-30-32-34-36-39-42-45-48-51-58(63)64-54(49-46-43-40-37-18-15-12-9-6-3)52-57(62)59-55(53-60)56(61)50-47-44-41-38-35-33-31-29-26-24-22-20-17-14-11-8-5-2/h16,19,23,25,28,30,34,36,54-56,60-61H,4-15,17-18,20-22,24,26-27,29,31-33,35,37-53H2,1-3H3,(H,59,62)/b19-16-,25-23-,30-28-,36-34-. The summed E-state index contributed by atoms with van der Waals surface area (Å²) in [6, 6.07) is -0.706. The number of aliphatic hydroxyl groups excluding tert-OH is 2. The lowest BCUT2D eigenvalue weighted by Crippen LogP contribution is -2.46. The number of nitrogens with one attached hydrogen (secondary N) is 1. The Bertz CT molecular complexity index is 1100. The molecule has 0 aliphatic carbocycles. The fourth-order valence-corrected chi connectivity index (χ4v) is 8.41. The summed E-state index contributed by atoms with van der Waals surface area (Å²) in [5, 5.41) is 23.8. The first-order valence-electron chi connectivity index (χ1n) is 27.9. The van der Waals surface area contributed by atoms with Crippen LogP contribution in [0, 0.1) is 0 Å². The monoisotopic (exact) mass is 898 g/mol. The topological polar surface area (TPSA) is 95.9 Å². The number of carbonyl (C=O) groups is 2. The van der Waals surface area contributed by atoms with Gasteiger partial charge in [-0.1, -0.05) is 249 Å². The molecule has 6 heteroatoms. The summed E-state index contributed by atoms with van der Waals surface area (Å²) in [6.45, 7) is 6.46.